The lowest BCUT2D eigenvalue weighted by molar-refractivity contribution is -0.383. The number of para-hydroxylation sites is 2. The molecule has 9 heteroatoms. The fourth-order valence-corrected chi connectivity index (χ4v) is 2.02. The standard InChI is InChI=1S/C15H15N3O6/c1-9-11(10(2)24-17-9)7-15(20)23-8-14(19)16-12-5-3-4-6-13(12)18(21)22/h3-6H,7-8H2,1-2H3,(H,16,19). The van der Waals surface area contributed by atoms with Crippen molar-refractivity contribution in [1.82, 2.24) is 5.16 Å². The summed E-state index contributed by atoms with van der Waals surface area (Å²) in [7, 11) is 0. The van der Waals surface area contributed by atoms with E-state index in [4.69, 9.17) is 9.26 Å². The van der Waals surface area contributed by atoms with Crippen molar-refractivity contribution in [1.29, 1.82) is 0 Å². The number of carbonyl (C=O) groups is 2. The molecule has 0 fully saturated rings. The van der Waals surface area contributed by atoms with Gasteiger partial charge < -0.3 is 14.6 Å². The summed E-state index contributed by atoms with van der Waals surface area (Å²) >= 11 is 0. The Kier molecular flexibility index (Phi) is 5.25. The average molecular weight is 333 g/mol. The van der Waals surface area contributed by atoms with E-state index in [1.54, 1.807) is 19.9 Å². The molecule has 1 N–H and O–H groups in total. The van der Waals surface area contributed by atoms with Crippen LogP contribution in [0.4, 0.5) is 11.4 Å². The number of benzene rings is 1. The van der Waals surface area contributed by atoms with Crippen molar-refractivity contribution < 1.29 is 23.8 Å². The number of amides is 1. The number of hydrogen-bond donors (Lipinski definition) is 1. The van der Waals surface area contributed by atoms with E-state index in [0.717, 1.165) is 0 Å². The fraction of sp³-hybridized carbons (Fsp3) is 0.267. The number of carbonyl (C=O) groups excluding carboxylic acids is 2. The van der Waals surface area contributed by atoms with Crippen LogP contribution in [-0.2, 0) is 20.7 Å². The minimum absolute atomic E-state index is 0.0364. The number of nitrogens with one attached hydrogen (secondary N) is 1. The van der Waals surface area contributed by atoms with Gasteiger partial charge in [0.05, 0.1) is 17.0 Å². The molecule has 1 amide bonds. The summed E-state index contributed by atoms with van der Waals surface area (Å²) in [6.07, 6.45) is -0.0695. The van der Waals surface area contributed by atoms with Crippen molar-refractivity contribution in [2.45, 2.75) is 20.3 Å². The highest BCUT2D eigenvalue weighted by atomic mass is 16.6. The molecule has 0 radical (unpaired) electrons. The second kappa shape index (κ2) is 7.36. The second-order valence-electron chi connectivity index (χ2n) is 4.96. The molecule has 0 aliphatic heterocycles. The molecule has 24 heavy (non-hydrogen) atoms. The van der Waals surface area contributed by atoms with Crippen molar-refractivity contribution in [2.24, 2.45) is 0 Å². The Hall–Kier alpha value is -3.23. The first-order valence-electron chi connectivity index (χ1n) is 6.99. The second-order valence-corrected chi connectivity index (χ2v) is 4.96. The molecule has 0 aliphatic rings. The van der Waals surface area contributed by atoms with Gasteiger partial charge in [-0.3, -0.25) is 19.7 Å². The third kappa shape index (κ3) is 4.15. The predicted octanol–water partition coefficient (Wildman–Crippen LogP) is 1.92. The van der Waals surface area contributed by atoms with Crippen LogP contribution >= 0.6 is 0 Å². The quantitative estimate of drug-likeness (QED) is 0.486. The van der Waals surface area contributed by atoms with Gasteiger partial charge in [-0.2, -0.15) is 0 Å². The molecule has 0 atom stereocenters. The lowest BCUT2D eigenvalue weighted by Crippen LogP contribution is -2.22. The summed E-state index contributed by atoms with van der Waals surface area (Å²) < 4.78 is 9.80. The van der Waals surface area contributed by atoms with Gasteiger partial charge in [-0.25, -0.2) is 0 Å². The van der Waals surface area contributed by atoms with Gasteiger partial charge in [0.15, 0.2) is 6.61 Å². The summed E-state index contributed by atoms with van der Waals surface area (Å²) in [5.41, 5.74) is 0.982. The maximum atomic E-state index is 11.8. The van der Waals surface area contributed by atoms with Gasteiger partial charge in [0.1, 0.15) is 11.4 Å². The van der Waals surface area contributed by atoms with Crippen LogP contribution in [0.2, 0.25) is 0 Å². The van der Waals surface area contributed by atoms with Gasteiger partial charge in [0.25, 0.3) is 11.6 Å². The number of ether oxygens (including phenoxy) is 1. The van der Waals surface area contributed by atoms with E-state index in [9.17, 15) is 19.7 Å². The Labute approximate surface area is 136 Å². The molecule has 1 heterocycles. The molecule has 2 rings (SSSR count). The Morgan fingerprint density at radius 1 is 1.33 bits per heavy atom. The van der Waals surface area contributed by atoms with Crippen LogP contribution in [0.3, 0.4) is 0 Å². The lowest BCUT2D eigenvalue weighted by atomic mass is 10.1. The van der Waals surface area contributed by atoms with E-state index in [1.807, 2.05) is 0 Å². The zero-order chi connectivity index (χ0) is 17.7. The van der Waals surface area contributed by atoms with Gasteiger partial charge >= 0.3 is 5.97 Å². The Morgan fingerprint density at radius 3 is 2.67 bits per heavy atom. The highest BCUT2D eigenvalue weighted by molar-refractivity contribution is 5.94. The topological polar surface area (TPSA) is 125 Å². The molecule has 0 bridgehead atoms. The Morgan fingerprint density at radius 2 is 2.04 bits per heavy atom. The van der Waals surface area contributed by atoms with Crippen LogP contribution in [0.1, 0.15) is 17.0 Å². The number of nitro benzene ring substituents is 1. The van der Waals surface area contributed by atoms with Gasteiger partial charge in [0.2, 0.25) is 0 Å². The molecule has 1 aromatic carbocycles. The van der Waals surface area contributed by atoms with Crippen molar-refractivity contribution in [3.8, 4) is 0 Å². The van der Waals surface area contributed by atoms with E-state index in [-0.39, 0.29) is 17.8 Å². The van der Waals surface area contributed by atoms with Crippen molar-refractivity contribution in [2.75, 3.05) is 11.9 Å². The molecule has 1 aromatic heterocycles. The van der Waals surface area contributed by atoms with E-state index < -0.39 is 23.4 Å². The summed E-state index contributed by atoms with van der Waals surface area (Å²) in [5.74, 6) is -0.785. The van der Waals surface area contributed by atoms with E-state index in [2.05, 4.69) is 10.5 Å². The SMILES string of the molecule is Cc1noc(C)c1CC(=O)OCC(=O)Nc1ccccc1[N+](=O)[O-]. The Bertz CT molecular complexity index is 764. The molecular weight excluding hydrogens is 318 g/mol. The monoisotopic (exact) mass is 333 g/mol. The van der Waals surface area contributed by atoms with Crippen molar-refractivity contribution in [3.05, 3.63) is 51.4 Å². The molecule has 0 spiro atoms. The number of rotatable bonds is 6. The number of anilines is 1. The average Bonchev–Trinajstić information content (AvgIpc) is 2.85. The van der Waals surface area contributed by atoms with Gasteiger partial charge in [-0.05, 0) is 19.9 Å². The zero-order valence-electron chi connectivity index (χ0n) is 13.1. The summed E-state index contributed by atoms with van der Waals surface area (Å²) in [4.78, 5) is 33.8. The van der Waals surface area contributed by atoms with Gasteiger partial charge in [-0.15, -0.1) is 0 Å². The van der Waals surface area contributed by atoms with Crippen LogP contribution in [-0.4, -0.2) is 28.6 Å². The number of nitro groups is 1. The highest BCUT2D eigenvalue weighted by Gasteiger charge is 2.17. The summed E-state index contributed by atoms with van der Waals surface area (Å²) in [5, 5.41) is 16.9. The third-order valence-electron chi connectivity index (χ3n) is 3.24. The van der Waals surface area contributed by atoms with Crippen molar-refractivity contribution in [3.63, 3.8) is 0 Å². The van der Waals surface area contributed by atoms with E-state index in [0.29, 0.717) is 17.0 Å². The first-order valence-corrected chi connectivity index (χ1v) is 6.99. The smallest absolute Gasteiger partial charge is 0.310 e. The molecule has 126 valence electrons. The van der Waals surface area contributed by atoms with Crippen LogP contribution in [0.15, 0.2) is 28.8 Å². The molecule has 9 nitrogen and oxygen atoms in total. The lowest BCUT2D eigenvalue weighted by Gasteiger charge is -2.07. The van der Waals surface area contributed by atoms with Crippen LogP contribution in [0.25, 0.3) is 0 Å². The number of esters is 1. The molecule has 0 aliphatic carbocycles. The molecular formula is C15H15N3O6. The first-order chi connectivity index (χ1) is 11.4. The summed E-state index contributed by atoms with van der Waals surface area (Å²) in [6, 6.07) is 5.68. The van der Waals surface area contributed by atoms with Crippen LogP contribution in [0.5, 0.6) is 0 Å². The zero-order valence-corrected chi connectivity index (χ0v) is 13.1. The largest absolute Gasteiger partial charge is 0.455 e. The fourth-order valence-electron chi connectivity index (χ4n) is 2.02. The summed E-state index contributed by atoms with van der Waals surface area (Å²) in [6.45, 7) is 2.82. The number of hydrogen-bond acceptors (Lipinski definition) is 7. The highest BCUT2D eigenvalue weighted by Crippen LogP contribution is 2.22. The number of nitrogens with zero attached hydrogens (tertiary/aromatic N) is 2. The van der Waals surface area contributed by atoms with Gasteiger partial charge in [-0.1, -0.05) is 17.3 Å². The molecule has 2 aromatic rings. The minimum atomic E-state index is -0.670. The molecule has 0 saturated heterocycles. The first kappa shape index (κ1) is 17.1. The normalized spacial score (nSPS) is 10.2. The minimum Gasteiger partial charge on any atom is -0.455 e. The predicted molar refractivity (Wildman–Crippen MR) is 82.4 cm³/mol. The van der Waals surface area contributed by atoms with Crippen LogP contribution in [0, 0.1) is 24.0 Å². The van der Waals surface area contributed by atoms with Gasteiger partial charge in [0, 0.05) is 11.6 Å². The number of aromatic nitrogens is 1. The maximum absolute atomic E-state index is 11.8. The van der Waals surface area contributed by atoms with E-state index >= 15 is 0 Å². The maximum Gasteiger partial charge on any atom is 0.310 e. The van der Waals surface area contributed by atoms with Crippen molar-refractivity contribution >= 4 is 23.3 Å². The van der Waals surface area contributed by atoms with E-state index in [1.165, 1.54) is 18.2 Å². The van der Waals surface area contributed by atoms with Crippen LogP contribution < -0.4 is 5.32 Å². The molecule has 0 saturated carbocycles. The molecule has 0 unspecified atom stereocenters. The third-order valence-corrected chi connectivity index (χ3v) is 3.24. The Balaban J connectivity index is 1.90. The number of aryl methyl sites for hydroxylation is 2.